The molecule has 0 radical (unpaired) electrons. The molecule has 0 saturated carbocycles. The lowest BCUT2D eigenvalue weighted by molar-refractivity contribution is 0.0890. The van der Waals surface area contributed by atoms with E-state index in [1.54, 1.807) is 44.8 Å². The van der Waals surface area contributed by atoms with Gasteiger partial charge in [-0.3, -0.25) is 9.69 Å². The van der Waals surface area contributed by atoms with Crippen LogP contribution in [0.15, 0.2) is 60.0 Å². The van der Waals surface area contributed by atoms with Gasteiger partial charge in [0.25, 0.3) is 5.91 Å². The van der Waals surface area contributed by atoms with Gasteiger partial charge < -0.3 is 24.4 Å². The second kappa shape index (κ2) is 11.5. The molecule has 2 aromatic carbocycles. The number of thiophene rings is 1. The summed E-state index contributed by atoms with van der Waals surface area (Å²) in [5.74, 6) is 1.20. The zero-order valence-electron chi connectivity index (χ0n) is 20.7. The van der Waals surface area contributed by atoms with Gasteiger partial charge in [0.1, 0.15) is 0 Å². The third-order valence-corrected chi connectivity index (χ3v) is 7.37. The second-order valence-corrected chi connectivity index (χ2v) is 9.47. The molecule has 7 nitrogen and oxygen atoms in total. The van der Waals surface area contributed by atoms with E-state index in [0.717, 1.165) is 26.2 Å². The summed E-state index contributed by atoms with van der Waals surface area (Å²) in [5.41, 5.74) is 1.72. The molecule has 4 rings (SSSR count). The van der Waals surface area contributed by atoms with Gasteiger partial charge >= 0.3 is 0 Å². The second-order valence-electron chi connectivity index (χ2n) is 8.49. The molecular formula is C27H33N3O4S. The van der Waals surface area contributed by atoms with Gasteiger partial charge in [0.05, 0.1) is 27.4 Å². The maximum absolute atomic E-state index is 13.3. The number of rotatable bonds is 9. The molecular weight excluding hydrogens is 462 g/mol. The van der Waals surface area contributed by atoms with Crippen molar-refractivity contribution in [2.75, 3.05) is 52.4 Å². The Morgan fingerprint density at radius 3 is 2.11 bits per heavy atom. The van der Waals surface area contributed by atoms with Gasteiger partial charge in [0, 0.05) is 48.3 Å². The van der Waals surface area contributed by atoms with Crippen molar-refractivity contribution in [2.45, 2.75) is 19.0 Å². The molecule has 1 aliphatic heterocycles. The monoisotopic (exact) mass is 495 g/mol. The summed E-state index contributed by atoms with van der Waals surface area (Å²) in [6, 6.07) is 18.1. The molecule has 1 aliphatic rings. The number of carbonyl (C=O) groups is 1. The van der Waals surface area contributed by atoms with Crippen LogP contribution in [0.3, 0.4) is 0 Å². The molecule has 0 unspecified atom stereocenters. The van der Waals surface area contributed by atoms with E-state index in [-0.39, 0.29) is 18.0 Å². The van der Waals surface area contributed by atoms with Crippen LogP contribution < -0.4 is 24.4 Å². The van der Waals surface area contributed by atoms with Gasteiger partial charge in [-0.2, -0.15) is 0 Å². The average Bonchev–Trinajstić information content (AvgIpc) is 3.43. The van der Waals surface area contributed by atoms with Crippen LogP contribution in [-0.4, -0.2) is 64.4 Å². The molecule has 1 N–H and O–H groups in total. The number of amides is 1. The Morgan fingerprint density at radius 2 is 1.57 bits per heavy atom. The lowest BCUT2D eigenvalue weighted by atomic mass is 10.0. The molecule has 35 heavy (non-hydrogen) atoms. The molecule has 3 aromatic rings. The summed E-state index contributed by atoms with van der Waals surface area (Å²) in [7, 11) is 4.64. The predicted octanol–water partition coefficient (Wildman–Crippen LogP) is 4.46. The Labute approximate surface area is 211 Å². The number of hydrogen-bond acceptors (Lipinski definition) is 7. The maximum Gasteiger partial charge on any atom is 0.251 e. The highest BCUT2D eigenvalue weighted by atomic mass is 32.1. The highest BCUT2D eigenvalue weighted by Gasteiger charge is 2.31. The van der Waals surface area contributed by atoms with E-state index in [1.165, 1.54) is 10.6 Å². The Hall–Kier alpha value is -3.23. The van der Waals surface area contributed by atoms with Crippen molar-refractivity contribution in [1.82, 2.24) is 10.2 Å². The van der Waals surface area contributed by atoms with Gasteiger partial charge in [-0.25, -0.2) is 0 Å². The van der Waals surface area contributed by atoms with E-state index in [9.17, 15) is 4.79 Å². The molecule has 2 atom stereocenters. The number of ether oxygens (including phenoxy) is 3. The SMILES string of the molecule is COc1cc(C(=O)N[C@@H](C)[C@@H](c2cccs2)N2CCN(c3ccccc3)CC2)cc(OC)c1OC. The summed E-state index contributed by atoms with van der Waals surface area (Å²) >= 11 is 1.73. The van der Waals surface area contributed by atoms with Crippen LogP contribution >= 0.6 is 11.3 Å². The minimum atomic E-state index is -0.179. The van der Waals surface area contributed by atoms with E-state index in [2.05, 4.69) is 63.8 Å². The third-order valence-electron chi connectivity index (χ3n) is 6.42. The van der Waals surface area contributed by atoms with Crippen molar-refractivity contribution in [3.8, 4) is 17.2 Å². The number of piperazine rings is 1. The summed E-state index contributed by atoms with van der Waals surface area (Å²) < 4.78 is 16.2. The van der Waals surface area contributed by atoms with Gasteiger partial charge in [-0.1, -0.05) is 24.3 Å². The number of nitrogens with one attached hydrogen (secondary N) is 1. The molecule has 1 fully saturated rings. The van der Waals surface area contributed by atoms with E-state index < -0.39 is 0 Å². The van der Waals surface area contributed by atoms with Gasteiger partial charge in [0.15, 0.2) is 11.5 Å². The largest absolute Gasteiger partial charge is 0.493 e. The molecule has 1 aromatic heterocycles. The van der Waals surface area contributed by atoms with Crippen molar-refractivity contribution in [1.29, 1.82) is 0 Å². The lowest BCUT2D eigenvalue weighted by Crippen LogP contribution is -2.52. The van der Waals surface area contributed by atoms with Crippen LogP contribution in [0.2, 0.25) is 0 Å². The first-order valence-corrected chi connectivity index (χ1v) is 12.6. The van der Waals surface area contributed by atoms with E-state index in [1.807, 2.05) is 6.07 Å². The molecule has 0 bridgehead atoms. The van der Waals surface area contributed by atoms with E-state index >= 15 is 0 Å². The lowest BCUT2D eigenvalue weighted by Gasteiger charge is -2.42. The first-order chi connectivity index (χ1) is 17.0. The fourth-order valence-corrected chi connectivity index (χ4v) is 5.64. The van der Waals surface area contributed by atoms with Crippen molar-refractivity contribution in [3.05, 3.63) is 70.4 Å². The Bertz CT molecular complexity index is 1070. The zero-order valence-corrected chi connectivity index (χ0v) is 21.5. The highest BCUT2D eigenvalue weighted by Crippen LogP contribution is 2.38. The number of methoxy groups -OCH3 is 3. The smallest absolute Gasteiger partial charge is 0.251 e. The Balaban J connectivity index is 1.50. The zero-order chi connectivity index (χ0) is 24.8. The van der Waals surface area contributed by atoms with Crippen LogP contribution in [0.4, 0.5) is 5.69 Å². The molecule has 1 saturated heterocycles. The van der Waals surface area contributed by atoms with Crippen molar-refractivity contribution in [3.63, 3.8) is 0 Å². The molecule has 8 heteroatoms. The van der Waals surface area contributed by atoms with Gasteiger partial charge in [0.2, 0.25) is 5.75 Å². The minimum Gasteiger partial charge on any atom is -0.493 e. The molecule has 0 aliphatic carbocycles. The standard InChI is InChI=1S/C27H33N3O4S/c1-19(28-27(31)20-17-22(32-2)26(34-4)23(18-20)33-3)25(24-11-8-16-35-24)30-14-12-29(13-15-30)21-9-6-5-7-10-21/h5-11,16-19,25H,12-15H2,1-4H3,(H,28,31)/t19-,25-/m0/s1. The van der Waals surface area contributed by atoms with Gasteiger partial charge in [-0.15, -0.1) is 11.3 Å². The quantitative estimate of drug-likeness (QED) is 0.473. The summed E-state index contributed by atoms with van der Waals surface area (Å²) in [6.45, 7) is 5.80. The van der Waals surface area contributed by atoms with Gasteiger partial charge in [-0.05, 0) is 42.6 Å². The normalized spacial score (nSPS) is 15.8. The summed E-state index contributed by atoms with van der Waals surface area (Å²) in [4.78, 5) is 19.4. The van der Waals surface area contributed by atoms with Crippen LogP contribution in [0.5, 0.6) is 17.2 Å². The highest BCUT2D eigenvalue weighted by molar-refractivity contribution is 7.10. The van der Waals surface area contributed by atoms with E-state index in [4.69, 9.17) is 14.2 Å². The molecule has 1 amide bonds. The van der Waals surface area contributed by atoms with Crippen LogP contribution in [0.1, 0.15) is 28.2 Å². The number of nitrogens with zero attached hydrogens (tertiary/aromatic N) is 2. The predicted molar refractivity (Wildman–Crippen MR) is 140 cm³/mol. The number of para-hydroxylation sites is 1. The first kappa shape index (κ1) is 24.9. The number of carbonyl (C=O) groups excluding carboxylic acids is 1. The van der Waals surface area contributed by atoms with Crippen LogP contribution in [0, 0.1) is 0 Å². The fourth-order valence-electron chi connectivity index (χ4n) is 4.68. The van der Waals surface area contributed by atoms with E-state index in [0.29, 0.717) is 22.8 Å². The number of benzene rings is 2. The fraction of sp³-hybridized carbons (Fsp3) is 0.370. The Kier molecular flexibility index (Phi) is 8.15. The summed E-state index contributed by atoms with van der Waals surface area (Å²) in [5, 5.41) is 5.32. The van der Waals surface area contributed by atoms with Crippen LogP contribution in [0.25, 0.3) is 0 Å². The molecule has 186 valence electrons. The number of hydrogen-bond donors (Lipinski definition) is 1. The average molecular weight is 496 g/mol. The Morgan fingerprint density at radius 1 is 0.914 bits per heavy atom. The first-order valence-electron chi connectivity index (χ1n) is 11.7. The topological polar surface area (TPSA) is 63.3 Å². The van der Waals surface area contributed by atoms with Crippen molar-refractivity contribution < 1.29 is 19.0 Å². The molecule has 0 spiro atoms. The third kappa shape index (κ3) is 5.55. The number of anilines is 1. The van der Waals surface area contributed by atoms with Crippen LogP contribution in [-0.2, 0) is 0 Å². The molecule has 2 heterocycles. The van der Waals surface area contributed by atoms with Crippen molar-refractivity contribution in [2.24, 2.45) is 0 Å². The maximum atomic E-state index is 13.3. The summed E-state index contributed by atoms with van der Waals surface area (Å²) in [6.07, 6.45) is 0. The van der Waals surface area contributed by atoms with Crippen molar-refractivity contribution >= 4 is 22.9 Å². The minimum absolute atomic E-state index is 0.0823.